The Bertz CT molecular complexity index is 597. The maximum Gasteiger partial charge on any atom is 0.340 e. The van der Waals surface area contributed by atoms with Crippen LogP contribution in [0.15, 0.2) is 24.3 Å². The lowest BCUT2D eigenvalue weighted by molar-refractivity contribution is -0.157. The minimum absolute atomic E-state index is 0.0961. The van der Waals surface area contributed by atoms with Gasteiger partial charge in [-0.15, -0.1) is 0 Å². The fourth-order valence-corrected chi connectivity index (χ4v) is 1.92. The van der Waals surface area contributed by atoms with Crippen molar-refractivity contribution in [3.63, 3.8) is 0 Å². The standard InChI is InChI=1S/C16H20N2O5S/c1-4-22-14(20)12(15(21)23-5-2)17-16(24)18-13(19)11-8-6-10(3)7-9-11/h6-9,12H,4-5H2,1-3H3,(H2,17,18,19,24). The van der Waals surface area contributed by atoms with Crippen LogP contribution in [0.25, 0.3) is 0 Å². The highest BCUT2D eigenvalue weighted by molar-refractivity contribution is 7.80. The normalized spacial score (nSPS) is 10.0. The first-order valence-corrected chi connectivity index (χ1v) is 7.81. The van der Waals surface area contributed by atoms with Crippen LogP contribution in [0.2, 0.25) is 0 Å². The van der Waals surface area contributed by atoms with Crippen molar-refractivity contribution in [2.24, 2.45) is 0 Å². The molecule has 0 spiro atoms. The van der Waals surface area contributed by atoms with Crippen molar-refractivity contribution >= 4 is 35.2 Å². The summed E-state index contributed by atoms with van der Waals surface area (Å²) in [5.41, 5.74) is 1.41. The molecule has 7 nitrogen and oxygen atoms in total. The maximum absolute atomic E-state index is 12.1. The molecule has 0 aliphatic heterocycles. The van der Waals surface area contributed by atoms with Gasteiger partial charge in [-0.1, -0.05) is 17.7 Å². The predicted molar refractivity (Wildman–Crippen MR) is 91.4 cm³/mol. The van der Waals surface area contributed by atoms with Crippen LogP contribution in [0, 0.1) is 6.92 Å². The summed E-state index contributed by atoms with van der Waals surface area (Å²) in [4.78, 5) is 35.7. The van der Waals surface area contributed by atoms with Crippen molar-refractivity contribution in [2.75, 3.05) is 13.2 Å². The Labute approximate surface area is 145 Å². The summed E-state index contributed by atoms with van der Waals surface area (Å²) in [7, 11) is 0. The van der Waals surface area contributed by atoms with E-state index in [-0.39, 0.29) is 18.3 Å². The minimum atomic E-state index is -1.43. The number of carbonyl (C=O) groups is 3. The number of rotatable bonds is 6. The number of nitrogens with one attached hydrogen (secondary N) is 2. The number of amides is 1. The van der Waals surface area contributed by atoms with Crippen LogP contribution in [-0.4, -0.2) is 42.2 Å². The molecule has 24 heavy (non-hydrogen) atoms. The van der Waals surface area contributed by atoms with E-state index in [0.717, 1.165) is 5.56 Å². The Balaban J connectivity index is 2.73. The van der Waals surface area contributed by atoms with E-state index >= 15 is 0 Å². The zero-order chi connectivity index (χ0) is 18.1. The van der Waals surface area contributed by atoms with Crippen LogP contribution in [0.1, 0.15) is 29.8 Å². The van der Waals surface area contributed by atoms with Crippen LogP contribution in [0.3, 0.4) is 0 Å². The number of carbonyl (C=O) groups excluding carboxylic acids is 3. The quantitative estimate of drug-likeness (QED) is 0.450. The van der Waals surface area contributed by atoms with Gasteiger partial charge in [-0.05, 0) is 45.1 Å². The number of thiocarbonyl (C=S) groups is 1. The van der Waals surface area contributed by atoms with Crippen molar-refractivity contribution in [2.45, 2.75) is 26.8 Å². The van der Waals surface area contributed by atoms with Gasteiger partial charge in [-0.25, -0.2) is 9.59 Å². The van der Waals surface area contributed by atoms with Gasteiger partial charge in [0, 0.05) is 5.56 Å². The average Bonchev–Trinajstić information content (AvgIpc) is 2.53. The molecule has 0 radical (unpaired) electrons. The molecule has 1 amide bonds. The summed E-state index contributed by atoms with van der Waals surface area (Å²) in [6.07, 6.45) is 0. The first-order valence-electron chi connectivity index (χ1n) is 7.40. The van der Waals surface area contributed by atoms with E-state index in [0.29, 0.717) is 5.56 Å². The molecule has 1 aromatic carbocycles. The highest BCUT2D eigenvalue weighted by Gasteiger charge is 2.30. The van der Waals surface area contributed by atoms with Gasteiger partial charge in [0.2, 0.25) is 6.04 Å². The van der Waals surface area contributed by atoms with Gasteiger partial charge in [-0.2, -0.15) is 0 Å². The largest absolute Gasteiger partial charge is 0.464 e. The molecule has 0 atom stereocenters. The van der Waals surface area contributed by atoms with Crippen molar-refractivity contribution in [1.82, 2.24) is 10.6 Å². The lowest BCUT2D eigenvalue weighted by Gasteiger charge is -2.17. The lowest BCUT2D eigenvalue weighted by atomic mass is 10.1. The van der Waals surface area contributed by atoms with Gasteiger partial charge >= 0.3 is 11.9 Å². The molecular formula is C16H20N2O5S. The Morgan fingerprint density at radius 3 is 2.00 bits per heavy atom. The van der Waals surface area contributed by atoms with Crippen LogP contribution in [0.4, 0.5) is 0 Å². The van der Waals surface area contributed by atoms with Crippen LogP contribution >= 0.6 is 12.2 Å². The van der Waals surface area contributed by atoms with E-state index < -0.39 is 23.9 Å². The van der Waals surface area contributed by atoms with E-state index in [2.05, 4.69) is 10.6 Å². The van der Waals surface area contributed by atoms with Crippen molar-refractivity contribution in [3.05, 3.63) is 35.4 Å². The average molecular weight is 352 g/mol. The maximum atomic E-state index is 12.1. The minimum Gasteiger partial charge on any atom is -0.464 e. The smallest absolute Gasteiger partial charge is 0.340 e. The van der Waals surface area contributed by atoms with Crippen molar-refractivity contribution in [1.29, 1.82) is 0 Å². The van der Waals surface area contributed by atoms with Crippen molar-refractivity contribution in [3.8, 4) is 0 Å². The van der Waals surface area contributed by atoms with Gasteiger partial charge in [0.15, 0.2) is 5.11 Å². The summed E-state index contributed by atoms with van der Waals surface area (Å²) in [5, 5.41) is 4.68. The second kappa shape index (κ2) is 9.61. The third-order valence-electron chi connectivity index (χ3n) is 2.86. The topological polar surface area (TPSA) is 93.7 Å². The third-order valence-corrected chi connectivity index (χ3v) is 3.08. The molecule has 0 aromatic heterocycles. The van der Waals surface area contributed by atoms with Gasteiger partial charge in [0.05, 0.1) is 13.2 Å². The Hall–Kier alpha value is -2.48. The monoisotopic (exact) mass is 352 g/mol. The SMILES string of the molecule is CCOC(=O)C(NC(=S)NC(=O)c1ccc(C)cc1)C(=O)OCC. The number of hydrogen-bond donors (Lipinski definition) is 2. The number of esters is 2. The third kappa shape index (κ3) is 5.96. The number of aryl methyl sites for hydroxylation is 1. The number of ether oxygens (including phenoxy) is 2. The molecule has 2 N–H and O–H groups in total. The molecule has 0 heterocycles. The Morgan fingerprint density at radius 2 is 1.54 bits per heavy atom. The van der Waals surface area contributed by atoms with E-state index in [1.165, 1.54) is 0 Å². The van der Waals surface area contributed by atoms with E-state index in [1.54, 1.807) is 38.1 Å². The molecule has 0 aliphatic rings. The Morgan fingerprint density at radius 1 is 1.04 bits per heavy atom. The molecule has 1 aromatic rings. The zero-order valence-electron chi connectivity index (χ0n) is 13.8. The molecule has 130 valence electrons. The predicted octanol–water partition coefficient (Wildman–Crippen LogP) is 1.09. The first-order chi connectivity index (χ1) is 11.4. The molecule has 0 saturated heterocycles. The Kier molecular flexibility index (Phi) is 7.84. The second-order valence-corrected chi connectivity index (χ2v) is 5.14. The van der Waals surface area contributed by atoms with Gasteiger partial charge < -0.3 is 14.8 Å². The highest BCUT2D eigenvalue weighted by Crippen LogP contribution is 2.03. The summed E-state index contributed by atoms with van der Waals surface area (Å²) in [5.74, 6) is -2.12. The number of hydrogen-bond acceptors (Lipinski definition) is 6. The van der Waals surface area contributed by atoms with E-state index in [4.69, 9.17) is 21.7 Å². The molecule has 0 unspecified atom stereocenters. The van der Waals surface area contributed by atoms with Gasteiger partial charge in [0.25, 0.3) is 5.91 Å². The summed E-state index contributed by atoms with van der Waals surface area (Å²) < 4.78 is 9.60. The van der Waals surface area contributed by atoms with Gasteiger partial charge in [0.1, 0.15) is 0 Å². The summed E-state index contributed by atoms with van der Waals surface area (Å²) in [6, 6.07) is 5.41. The molecular weight excluding hydrogens is 332 g/mol. The molecule has 8 heteroatoms. The van der Waals surface area contributed by atoms with Gasteiger partial charge in [-0.3, -0.25) is 10.1 Å². The van der Waals surface area contributed by atoms with E-state index in [9.17, 15) is 14.4 Å². The highest BCUT2D eigenvalue weighted by atomic mass is 32.1. The molecule has 1 rings (SSSR count). The fourth-order valence-electron chi connectivity index (χ4n) is 1.71. The zero-order valence-corrected chi connectivity index (χ0v) is 14.6. The number of benzene rings is 1. The van der Waals surface area contributed by atoms with Crippen molar-refractivity contribution < 1.29 is 23.9 Å². The molecule has 0 bridgehead atoms. The molecule has 0 saturated carbocycles. The molecule has 0 aliphatic carbocycles. The van der Waals surface area contributed by atoms with Crippen LogP contribution < -0.4 is 10.6 Å². The lowest BCUT2D eigenvalue weighted by Crippen LogP contribution is -2.52. The van der Waals surface area contributed by atoms with Crippen LogP contribution in [-0.2, 0) is 19.1 Å². The fraction of sp³-hybridized carbons (Fsp3) is 0.375. The van der Waals surface area contributed by atoms with E-state index in [1.807, 2.05) is 6.92 Å². The first kappa shape index (κ1) is 19.6. The second-order valence-electron chi connectivity index (χ2n) is 4.73. The summed E-state index contributed by atoms with van der Waals surface area (Å²) in [6.45, 7) is 5.31. The van der Waals surface area contributed by atoms with Crippen LogP contribution in [0.5, 0.6) is 0 Å². The summed E-state index contributed by atoms with van der Waals surface area (Å²) >= 11 is 4.98. The molecule has 0 fully saturated rings.